The third-order valence-corrected chi connectivity index (χ3v) is 5.79. The molecule has 0 radical (unpaired) electrons. The molecule has 3 aromatic rings. The van der Waals surface area contributed by atoms with Crippen molar-refractivity contribution in [2.75, 3.05) is 6.54 Å². The third kappa shape index (κ3) is 5.72. The molecule has 0 saturated carbocycles. The maximum Gasteiger partial charge on any atom is 0.243 e. The van der Waals surface area contributed by atoms with E-state index in [0.717, 1.165) is 21.9 Å². The summed E-state index contributed by atoms with van der Waals surface area (Å²) < 4.78 is 0. The maximum absolute atomic E-state index is 12.5. The normalized spacial score (nSPS) is 15.3. The van der Waals surface area contributed by atoms with Crippen LogP contribution in [-0.4, -0.2) is 34.3 Å². The molecule has 3 N–H and O–H groups in total. The van der Waals surface area contributed by atoms with E-state index in [-0.39, 0.29) is 35.7 Å². The lowest BCUT2D eigenvalue weighted by Crippen LogP contribution is -2.50. The van der Waals surface area contributed by atoms with Crippen molar-refractivity contribution in [3.05, 3.63) is 83.9 Å². The zero-order valence-electron chi connectivity index (χ0n) is 17.9. The highest BCUT2D eigenvalue weighted by Gasteiger charge is 2.34. The number of thiocarbonyl (C=S) groups is 1. The van der Waals surface area contributed by atoms with E-state index in [1.165, 1.54) is 0 Å². The van der Waals surface area contributed by atoms with Crippen LogP contribution in [0.4, 0.5) is 0 Å². The monoisotopic (exact) mass is 460 g/mol. The fraction of sp³-hybridized carbons (Fsp3) is 0.200. The Morgan fingerprint density at radius 2 is 1.67 bits per heavy atom. The minimum absolute atomic E-state index is 0.000878. The van der Waals surface area contributed by atoms with Gasteiger partial charge in [-0.3, -0.25) is 25.2 Å². The number of nitrogens with zero attached hydrogens (tertiary/aromatic N) is 1. The Morgan fingerprint density at radius 3 is 2.48 bits per heavy atom. The van der Waals surface area contributed by atoms with Crippen LogP contribution in [0.25, 0.3) is 10.8 Å². The van der Waals surface area contributed by atoms with Crippen LogP contribution in [0, 0.1) is 5.92 Å². The van der Waals surface area contributed by atoms with E-state index >= 15 is 0 Å². The van der Waals surface area contributed by atoms with E-state index < -0.39 is 5.92 Å². The van der Waals surface area contributed by atoms with Crippen molar-refractivity contribution in [1.82, 2.24) is 21.1 Å². The third-order valence-electron chi connectivity index (χ3n) is 5.58. The van der Waals surface area contributed by atoms with Gasteiger partial charge >= 0.3 is 0 Å². The highest BCUT2D eigenvalue weighted by molar-refractivity contribution is 7.80. The van der Waals surface area contributed by atoms with Gasteiger partial charge in [-0.25, -0.2) is 0 Å². The van der Waals surface area contributed by atoms with Crippen molar-refractivity contribution in [1.29, 1.82) is 0 Å². The molecule has 1 fully saturated rings. The van der Waals surface area contributed by atoms with Crippen molar-refractivity contribution in [3.8, 4) is 0 Å². The first kappa shape index (κ1) is 22.4. The van der Waals surface area contributed by atoms with Gasteiger partial charge in [0.25, 0.3) is 0 Å². The first-order valence-corrected chi connectivity index (χ1v) is 11.1. The van der Waals surface area contributed by atoms with Gasteiger partial charge < -0.3 is 10.2 Å². The molecule has 1 saturated heterocycles. The molecule has 3 aromatic carbocycles. The first-order valence-electron chi connectivity index (χ1n) is 10.7. The average molecular weight is 461 g/mol. The number of hydrazine groups is 1. The minimum atomic E-state index is -0.483. The molecule has 8 heteroatoms. The number of nitrogens with one attached hydrogen (secondary N) is 3. The molecule has 0 aliphatic carbocycles. The fourth-order valence-corrected chi connectivity index (χ4v) is 4.11. The zero-order valence-corrected chi connectivity index (χ0v) is 18.7. The molecule has 4 rings (SSSR count). The summed E-state index contributed by atoms with van der Waals surface area (Å²) in [4.78, 5) is 38.9. The Hall–Kier alpha value is -3.78. The first-order chi connectivity index (χ1) is 16.0. The van der Waals surface area contributed by atoms with E-state index in [9.17, 15) is 14.4 Å². The predicted molar refractivity (Wildman–Crippen MR) is 130 cm³/mol. The largest absolute Gasteiger partial charge is 0.338 e. The van der Waals surface area contributed by atoms with Gasteiger partial charge in [-0.05, 0) is 34.1 Å². The van der Waals surface area contributed by atoms with Crippen molar-refractivity contribution >= 4 is 45.8 Å². The molecule has 0 aromatic heterocycles. The Bertz CT molecular complexity index is 1190. The van der Waals surface area contributed by atoms with Gasteiger partial charge in [-0.2, -0.15) is 0 Å². The zero-order chi connectivity index (χ0) is 23.2. The smallest absolute Gasteiger partial charge is 0.243 e. The molecule has 3 amide bonds. The SMILES string of the molecule is O=C(Cc1cccc2ccccc12)NC(=S)NNC(=O)C1CC(=O)N(Cc2ccccc2)C1. The van der Waals surface area contributed by atoms with E-state index in [4.69, 9.17) is 12.2 Å². The fourth-order valence-electron chi connectivity index (χ4n) is 3.95. The van der Waals surface area contributed by atoms with Crippen LogP contribution in [-0.2, 0) is 27.3 Å². The Kier molecular flexibility index (Phi) is 6.95. The number of likely N-dealkylation sites (tertiary alicyclic amines) is 1. The van der Waals surface area contributed by atoms with Crippen LogP contribution in [0.1, 0.15) is 17.5 Å². The van der Waals surface area contributed by atoms with Crippen molar-refractivity contribution in [2.24, 2.45) is 5.92 Å². The number of rotatable bonds is 5. The standard InChI is InChI=1S/C25H24N4O3S/c30-22(13-19-11-6-10-18-9-4-5-12-21(18)19)26-25(33)28-27-24(32)20-14-23(31)29(16-20)15-17-7-2-1-3-8-17/h1-12,20H,13-16H2,(H,27,32)(H2,26,28,30,33). The van der Waals surface area contributed by atoms with Gasteiger partial charge in [-0.1, -0.05) is 72.8 Å². The molecule has 168 valence electrons. The van der Waals surface area contributed by atoms with Crippen LogP contribution in [0.5, 0.6) is 0 Å². The number of hydrogen-bond donors (Lipinski definition) is 3. The van der Waals surface area contributed by atoms with Crippen LogP contribution in [0.15, 0.2) is 72.8 Å². The summed E-state index contributed by atoms with van der Waals surface area (Å²) in [6.45, 7) is 0.807. The van der Waals surface area contributed by atoms with E-state index in [1.54, 1.807) is 4.90 Å². The van der Waals surface area contributed by atoms with Crippen LogP contribution >= 0.6 is 12.2 Å². The Morgan fingerprint density at radius 1 is 0.939 bits per heavy atom. The van der Waals surface area contributed by atoms with Crippen molar-refractivity contribution < 1.29 is 14.4 Å². The lowest BCUT2D eigenvalue weighted by atomic mass is 10.0. The summed E-state index contributed by atoms with van der Waals surface area (Å²) in [7, 11) is 0. The molecular weight excluding hydrogens is 436 g/mol. The number of benzene rings is 3. The van der Waals surface area contributed by atoms with Crippen LogP contribution in [0.3, 0.4) is 0 Å². The molecule has 1 heterocycles. The topological polar surface area (TPSA) is 90.5 Å². The number of hydrogen-bond acceptors (Lipinski definition) is 4. The van der Waals surface area contributed by atoms with Gasteiger partial charge in [0.2, 0.25) is 17.7 Å². The van der Waals surface area contributed by atoms with Gasteiger partial charge in [0.15, 0.2) is 5.11 Å². The highest BCUT2D eigenvalue weighted by Crippen LogP contribution is 2.20. The number of fused-ring (bicyclic) bond motifs is 1. The molecule has 1 aliphatic rings. The Balaban J connectivity index is 1.24. The molecule has 0 bridgehead atoms. The van der Waals surface area contributed by atoms with Crippen molar-refractivity contribution in [2.45, 2.75) is 19.4 Å². The van der Waals surface area contributed by atoms with E-state index in [2.05, 4.69) is 16.2 Å². The quantitative estimate of drug-likeness (QED) is 0.402. The predicted octanol–water partition coefficient (Wildman–Crippen LogP) is 2.45. The van der Waals surface area contributed by atoms with Gasteiger partial charge in [-0.15, -0.1) is 0 Å². The number of carbonyl (C=O) groups is 3. The molecular formula is C25H24N4O3S. The molecule has 1 atom stereocenters. The lowest BCUT2D eigenvalue weighted by Gasteiger charge is -2.17. The van der Waals surface area contributed by atoms with Crippen LogP contribution < -0.4 is 16.2 Å². The summed E-state index contributed by atoms with van der Waals surface area (Å²) in [6, 6.07) is 23.3. The summed E-state index contributed by atoms with van der Waals surface area (Å²) in [5, 5.41) is 4.64. The lowest BCUT2D eigenvalue weighted by molar-refractivity contribution is -0.129. The molecule has 7 nitrogen and oxygen atoms in total. The number of carbonyl (C=O) groups excluding carboxylic acids is 3. The molecule has 0 spiro atoms. The summed E-state index contributed by atoms with van der Waals surface area (Å²) in [6.07, 6.45) is 0.295. The van der Waals surface area contributed by atoms with Crippen molar-refractivity contribution in [3.63, 3.8) is 0 Å². The van der Waals surface area contributed by atoms with Gasteiger partial charge in [0.1, 0.15) is 0 Å². The van der Waals surface area contributed by atoms with Crippen LogP contribution in [0.2, 0.25) is 0 Å². The van der Waals surface area contributed by atoms with Gasteiger partial charge in [0, 0.05) is 19.5 Å². The highest BCUT2D eigenvalue weighted by atomic mass is 32.1. The Labute approximate surface area is 197 Å². The summed E-state index contributed by atoms with van der Waals surface area (Å²) in [5.74, 6) is -1.18. The second-order valence-corrected chi connectivity index (χ2v) is 8.38. The van der Waals surface area contributed by atoms with E-state index in [1.807, 2.05) is 72.8 Å². The van der Waals surface area contributed by atoms with Gasteiger partial charge in [0.05, 0.1) is 12.3 Å². The molecule has 1 unspecified atom stereocenters. The molecule has 33 heavy (non-hydrogen) atoms. The second-order valence-electron chi connectivity index (χ2n) is 7.97. The summed E-state index contributed by atoms with van der Waals surface area (Å²) in [5.41, 5.74) is 6.97. The van der Waals surface area contributed by atoms with E-state index in [0.29, 0.717) is 13.1 Å². The summed E-state index contributed by atoms with van der Waals surface area (Å²) >= 11 is 5.13. The minimum Gasteiger partial charge on any atom is -0.338 e. The second kappa shape index (κ2) is 10.2. The number of amides is 3. The maximum atomic E-state index is 12.5. The average Bonchev–Trinajstić information content (AvgIpc) is 3.18. The molecule has 1 aliphatic heterocycles.